The van der Waals surface area contributed by atoms with E-state index in [4.69, 9.17) is 5.73 Å². The van der Waals surface area contributed by atoms with Crippen molar-refractivity contribution in [2.75, 3.05) is 5.75 Å². The number of pyridine rings is 1. The molecule has 1 fully saturated rings. The highest BCUT2D eigenvalue weighted by Crippen LogP contribution is 2.39. The SMILES string of the molecule is Cl.N[C@@H]1C(=O)N2C(C(=O)O)=C(/C=C/C[n+]3cccc4ccccc43)CS[C@H]12.[Cl-]. The van der Waals surface area contributed by atoms with Crippen molar-refractivity contribution < 1.29 is 31.7 Å². The largest absolute Gasteiger partial charge is 1.00 e. The molecule has 4 rings (SSSR count). The van der Waals surface area contributed by atoms with E-state index in [0.717, 1.165) is 10.9 Å². The molecule has 3 heterocycles. The number of β-lactam (4-membered cyclic amide) rings is 1. The number of carbonyl (C=O) groups excluding carboxylic acids is 1. The van der Waals surface area contributed by atoms with Crippen molar-refractivity contribution in [2.24, 2.45) is 5.73 Å². The van der Waals surface area contributed by atoms with Gasteiger partial charge in [-0.3, -0.25) is 9.69 Å². The summed E-state index contributed by atoms with van der Waals surface area (Å²) in [4.78, 5) is 24.9. The molecule has 6 nitrogen and oxygen atoms in total. The fraction of sp³-hybridized carbons (Fsp3) is 0.211. The Morgan fingerprint density at radius 1 is 1.32 bits per heavy atom. The van der Waals surface area contributed by atoms with Crippen molar-refractivity contribution in [2.45, 2.75) is 18.0 Å². The minimum Gasteiger partial charge on any atom is -1.00 e. The zero-order chi connectivity index (χ0) is 18.3. The first kappa shape index (κ1) is 22.2. The van der Waals surface area contributed by atoms with Crippen molar-refractivity contribution in [3.8, 4) is 0 Å². The van der Waals surface area contributed by atoms with E-state index < -0.39 is 12.0 Å². The lowest BCUT2D eigenvalue weighted by Gasteiger charge is -2.47. The van der Waals surface area contributed by atoms with Crippen LogP contribution in [0.5, 0.6) is 0 Å². The lowest BCUT2D eigenvalue weighted by atomic mass is 10.0. The number of thioether (sulfide) groups is 1. The average Bonchev–Trinajstić information content (AvgIpc) is 2.66. The molecule has 0 spiro atoms. The first-order valence-electron chi connectivity index (χ1n) is 8.28. The lowest BCUT2D eigenvalue weighted by Crippen LogP contribution is -3.00. The van der Waals surface area contributed by atoms with Gasteiger partial charge in [-0.15, -0.1) is 24.2 Å². The molecule has 0 radical (unpaired) electrons. The molecular weight excluding hydrogens is 421 g/mol. The number of para-hydroxylation sites is 1. The van der Waals surface area contributed by atoms with Gasteiger partial charge in [0.25, 0.3) is 0 Å². The van der Waals surface area contributed by atoms with Crippen LogP contribution in [0.25, 0.3) is 10.9 Å². The van der Waals surface area contributed by atoms with E-state index in [9.17, 15) is 14.7 Å². The van der Waals surface area contributed by atoms with Gasteiger partial charge in [-0.25, -0.2) is 4.79 Å². The molecule has 2 aromatic rings. The summed E-state index contributed by atoms with van der Waals surface area (Å²) in [7, 11) is 0. The van der Waals surface area contributed by atoms with Gasteiger partial charge in [0.2, 0.25) is 11.4 Å². The number of fused-ring (bicyclic) bond motifs is 2. The van der Waals surface area contributed by atoms with Crippen molar-refractivity contribution in [3.63, 3.8) is 0 Å². The van der Waals surface area contributed by atoms with Crippen molar-refractivity contribution in [1.82, 2.24) is 4.90 Å². The number of allylic oxidation sites excluding steroid dienone is 2. The monoisotopic (exact) mass is 439 g/mol. The van der Waals surface area contributed by atoms with Crippen LogP contribution >= 0.6 is 24.2 Å². The molecule has 0 aliphatic carbocycles. The Hall–Kier alpha value is -2.06. The molecule has 28 heavy (non-hydrogen) atoms. The molecule has 0 saturated carbocycles. The summed E-state index contributed by atoms with van der Waals surface area (Å²) >= 11 is 1.50. The molecule has 0 bridgehead atoms. The highest BCUT2D eigenvalue weighted by Gasteiger charge is 2.51. The van der Waals surface area contributed by atoms with E-state index in [1.54, 1.807) is 6.08 Å². The molecule has 1 aromatic heterocycles. The summed E-state index contributed by atoms with van der Waals surface area (Å²) in [6.07, 6.45) is 5.72. The second-order valence-corrected chi connectivity index (χ2v) is 7.34. The highest BCUT2D eigenvalue weighted by molar-refractivity contribution is 8.00. The molecule has 2 atom stereocenters. The molecule has 2 aliphatic heterocycles. The number of halogens is 2. The maximum absolute atomic E-state index is 12.0. The number of nitrogens with two attached hydrogens (primary N) is 1. The van der Waals surface area contributed by atoms with Crippen LogP contribution < -0.4 is 22.7 Å². The van der Waals surface area contributed by atoms with E-state index in [1.807, 2.05) is 36.5 Å². The number of hydrogen-bond donors (Lipinski definition) is 2. The van der Waals surface area contributed by atoms with Gasteiger partial charge < -0.3 is 23.2 Å². The predicted molar refractivity (Wildman–Crippen MR) is 106 cm³/mol. The van der Waals surface area contributed by atoms with Gasteiger partial charge in [-0.2, -0.15) is 4.57 Å². The summed E-state index contributed by atoms with van der Waals surface area (Å²) < 4.78 is 2.09. The second-order valence-electron chi connectivity index (χ2n) is 6.24. The summed E-state index contributed by atoms with van der Waals surface area (Å²) in [5, 5.41) is 10.4. The third-order valence-corrected chi connectivity index (χ3v) is 5.97. The number of benzene rings is 1. The first-order chi connectivity index (χ1) is 12.6. The van der Waals surface area contributed by atoms with Crippen LogP contribution in [0.1, 0.15) is 0 Å². The Morgan fingerprint density at radius 3 is 2.79 bits per heavy atom. The minimum absolute atomic E-state index is 0. The number of aromatic nitrogens is 1. The Bertz CT molecular complexity index is 975. The number of aliphatic carboxylic acids is 1. The van der Waals surface area contributed by atoms with E-state index in [0.29, 0.717) is 17.9 Å². The molecule has 0 unspecified atom stereocenters. The first-order valence-corrected chi connectivity index (χ1v) is 9.33. The zero-order valence-corrected chi connectivity index (χ0v) is 17.1. The predicted octanol–water partition coefficient (Wildman–Crippen LogP) is -1.31. The molecule has 148 valence electrons. The second kappa shape index (κ2) is 8.96. The molecule has 9 heteroatoms. The van der Waals surface area contributed by atoms with Crippen LogP contribution in [-0.2, 0) is 16.1 Å². The van der Waals surface area contributed by atoms with Gasteiger partial charge in [-0.05, 0) is 23.8 Å². The number of carboxylic acid groups (broad SMARTS) is 1. The van der Waals surface area contributed by atoms with Crippen LogP contribution in [-0.4, -0.2) is 39.1 Å². The number of hydrogen-bond acceptors (Lipinski definition) is 4. The van der Waals surface area contributed by atoms with Gasteiger partial charge in [-0.1, -0.05) is 18.2 Å². The molecule has 1 amide bonds. The lowest BCUT2D eigenvalue weighted by molar-refractivity contribution is -0.661. The third-order valence-electron chi connectivity index (χ3n) is 4.65. The van der Waals surface area contributed by atoms with Crippen LogP contribution in [0.3, 0.4) is 0 Å². The summed E-state index contributed by atoms with van der Waals surface area (Å²) in [6.45, 7) is 0.610. The Balaban J connectivity index is 0.00000140. The zero-order valence-electron chi connectivity index (χ0n) is 14.7. The Kier molecular flexibility index (Phi) is 7.11. The molecule has 1 aromatic carbocycles. The normalized spacial score (nSPS) is 21.0. The average molecular weight is 440 g/mol. The molecule has 3 N–H and O–H groups in total. The van der Waals surface area contributed by atoms with Crippen LogP contribution in [0.4, 0.5) is 0 Å². The smallest absolute Gasteiger partial charge is 0.352 e. The fourth-order valence-electron chi connectivity index (χ4n) is 3.36. The Labute approximate surface area is 178 Å². The summed E-state index contributed by atoms with van der Waals surface area (Å²) in [5.74, 6) is -0.887. The van der Waals surface area contributed by atoms with E-state index in [-0.39, 0.29) is 41.8 Å². The maximum Gasteiger partial charge on any atom is 0.352 e. The number of carbonyl (C=O) groups is 2. The highest BCUT2D eigenvalue weighted by atomic mass is 35.5. The van der Waals surface area contributed by atoms with Gasteiger partial charge in [0, 0.05) is 23.3 Å². The van der Waals surface area contributed by atoms with Crippen LogP contribution in [0.15, 0.2) is 66.0 Å². The van der Waals surface area contributed by atoms with Crippen LogP contribution in [0.2, 0.25) is 0 Å². The van der Waals surface area contributed by atoms with E-state index in [1.165, 1.54) is 16.7 Å². The van der Waals surface area contributed by atoms with Gasteiger partial charge in [0.1, 0.15) is 17.1 Å². The molecule has 2 aliphatic rings. The topological polar surface area (TPSA) is 87.5 Å². The quantitative estimate of drug-likeness (QED) is 0.456. The van der Waals surface area contributed by atoms with Crippen molar-refractivity contribution in [1.29, 1.82) is 0 Å². The van der Waals surface area contributed by atoms with Gasteiger partial charge >= 0.3 is 5.97 Å². The standard InChI is InChI=1S/C19H17N3O3S.2ClH/c20-15-17(23)22-16(19(24)25)13(11-26-18(15)22)7-4-10-21-9-3-6-12-5-1-2-8-14(12)21;;/h1-9,15,18H,10-11,20H2;2*1H/b7-4+;;/t15-,18-;;/m1../s1. The van der Waals surface area contributed by atoms with Crippen molar-refractivity contribution >= 4 is 46.9 Å². The molecule has 1 saturated heterocycles. The van der Waals surface area contributed by atoms with Gasteiger partial charge in [0.05, 0.1) is 0 Å². The maximum atomic E-state index is 12.0. The van der Waals surface area contributed by atoms with Crippen LogP contribution in [0, 0.1) is 0 Å². The fourth-order valence-corrected chi connectivity index (χ4v) is 4.62. The minimum atomic E-state index is -1.09. The summed E-state index contributed by atoms with van der Waals surface area (Å²) in [5.41, 5.74) is 7.56. The number of carboxylic acids is 1. The van der Waals surface area contributed by atoms with Crippen molar-refractivity contribution in [3.05, 3.63) is 66.0 Å². The third kappa shape index (κ3) is 3.75. The van der Waals surface area contributed by atoms with E-state index in [2.05, 4.69) is 16.7 Å². The number of rotatable bonds is 4. The Morgan fingerprint density at radius 2 is 2.04 bits per heavy atom. The summed E-state index contributed by atoms with van der Waals surface area (Å²) in [6, 6.07) is 11.5. The molecular formula is C19H19Cl2N3O3S. The number of amides is 1. The number of nitrogens with zero attached hydrogens (tertiary/aromatic N) is 2. The van der Waals surface area contributed by atoms with Gasteiger partial charge in [0.15, 0.2) is 12.7 Å². The van der Waals surface area contributed by atoms with E-state index >= 15 is 0 Å².